The first-order valence-corrected chi connectivity index (χ1v) is 9.26. The molecule has 0 unspecified atom stereocenters. The highest BCUT2D eigenvalue weighted by Crippen LogP contribution is 2.29. The highest BCUT2D eigenvalue weighted by atomic mass is 32.1. The van der Waals surface area contributed by atoms with Gasteiger partial charge in [-0.1, -0.05) is 56.3 Å². The summed E-state index contributed by atoms with van der Waals surface area (Å²) in [5.74, 6) is 1.25. The van der Waals surface area contributed by atoms with Crippen LogP contribution in [-0.2, 0) is 0 Å². The number of nitrogens with one attached hydrogen (secondary N) is 1. The fraction of sp³-hybridized carbons (Fsp3) is 0.143. The lowest BCUT2D eigenvalue weighted by molar-refractivity contribution is 0.866. The largest absolute Gasteiger partial charge is 0.260 e. The number of rotatable bonds is 3. The Balaban J connectivity index is 1.90. The van der Waals surface area contributed by atoms with Gasteiger partial charge in [-0.05, 0) is 35.1 Å². The number of amidine groups is 1. The number of thiophene rings is 1. The van der Waals surface area contributed by atoms with E-state index in [1.807, 2.05) is 24.3 Å². The van der Waals surface area contributed by atoms with Crippen LogP contribution in [0.4, 0.5) is 5.69 Å². The van der Waals surface area contributed by atoms with E-state index >= 15 is 0 Å². The molecule has 0 aliphatic carbocycles. The molecule has 4 rings (SSSR count). The van der Waals surface area contributed by atoms with E-state index in [-0.39, 0.29) is 0 Å². The summed E-state index contributed by atoms with van der Waals surface area (Å²) in [6, 6.07) is 20.8. The highest BCUT2D eigenvalue weighted by Gasteiger charge is 2.18. The zero-order valence-electron chi connectivity index (χ0n) is 14.2. The Bertz CT molecular complexity index is 939. The topological polar surface area (TPSA) is 36.8 Å². The van der Waals surface area contributed by atoms with Crippen LogP contribution in [0.15, 0.2) is 76.1 Å². The number of hydrazone groups is 1. The maximum absolute atomic E-state index is 4.86. The summed E-state index contributed by atoms with van der Waals surface area (Å²) in [6.07, 6.45) is 0. The van der Waals surface area contributed by atoms with Crippen LogP contribution in [0.2, 0.25) is 0 Å². The molecule has 1 aliphatic heterocycles. The van der Waals surface area contributed by atoms with Gasteiger partial charge in [-0.25, -0.2) is 4.99 Å². The third-order valence-electron chi connectivity index (χ3n) is 4.25. The second-order valence-corrected chi connectivity index (χ2v) is 7.25. The van der Waals surface area contributed by atoms with E-state index in [4.69, 9.17) is 10.1 Å². The van der Waals surface area contributed by atoms with Crippen molar-refractivity contribution >= 4 is 28.6 Å². The van der Waals surface area contributed by atoms with Gasteiger partial charge < -0.3 is 0 Å². The fourth-order valence-corrected chi connectivity index (χ4v) is 3.52. The number of hydrogen-bond donors (Lipinski definition) is 1. The molecular formula is C21H19N3S. The van der Waals surface area contributed by atoms with Crippen molar-refractivity contribution in [1.29, 1.82) is 0 Å². The summed E-state index contributed by atoms with van der Waals surface area (Å²) in [5.41, 5.74) is 8.48. The lowest BCUT2D eigenvalue weighted by Gasteiger charge is -2.12. The summed E-state index contributed by atoms with van der Waals surface area (Å²) in [7, 11) is 0. The van der Waals surface area contributed by atoms with Gasteiger partial charge in [0, 0.05) is 11.1 Å². The Labute approximate surface area is 151 Å². The van der Waals surface area contributed by atoms with Crippen molar-refractivity contribution in [1.82, 2.24) is 5.43 Å². The normalized spacial score (nSPS) is 13.6. The molecule has 0 spiro atoms. The van der Waals surface area contributed by atoms with Crippen LogP contribution in [-0.4, -0.2) is 11.5 Å². The lowest BCUT2D eigenvalue weighted by atomic mass is 9.95. The molecule has 4 heteroatoms. The lowest BCUT2D eigenvalue weighted by Crippen LogP contribution is -2.18. The van der Waals surface area contributed by atoms with E-state index in [0.717, 1.165) is 33.2 Å². The van der Waals surface area contributed by atoms with E-state index in [9.17, 15) is 0 Å². The Kier molecular flexibility index (Phi) is 4.20. The minimum absolute atomic E-state index is 0.458. The second kappa shape index (κ2) is 6.65. The first kappa shape index (κ1) is 15.8. The summed E-state index contributed by atoms with van der Waals surface area (Å²) in [4.78, 5) is 5.94. The highest BCUT2D eigenvalue weighted by molar-refractivity contribution is 7.12. The van der Waals surface area contributed by atoms with Crippen LogP contribution in [0, 0.1) is 0 Å². The van der Waals surface area contributed by atoms with Gasteiger partial charge in [0.15, 0.2) is 5.84 Å². The molecule has 124 valence electrons. The SMILES string of the molecule is CC(C)c1ccc2c(c1)C(c1ccccc1)=NNC(c1cccs1)=N2. The molecule has 0 atom stereocenters. The summed E-state index contributed by atoms with van der Waals surface area (Å²) in [5, 5.41) is 6.77. The van der Waals surface area contributed by atoms with Crippen LogP contribution in [0.3, 0.4) is 0 Å². The molecule has 0 saturated carbocycles. The fourth-order valence-electron chi connectivity index (χ4n) is 2.85. The van der Waals surface area contributed by atoms with Gasteiger partial charge in [0.2, 0.25) is 0 Å². The van der Waals surface area contributed by atoms with Gasteiger partial charge in [0.25, 0.3) is 0 Å². The average molecular weight is 345 g/mol. The summed E-state index contributed by atoms with van der Waals surface area (Å²) in [6.45, 7) is 4.41. The van der Waals surface area contributed by atoms with Crippen molar-refractivity contribution in [2.75, 3.05) is 0 Å². The molecule has 25 heavy (non-hydrogen) atoms. The molecule has 0 radical (unpaired) electrons. The molecule has 0 saturated heterocycles. The Hall–Kier alpha value is -2.72. The number of nitrogens with zero attached hydrogens (tertiary/aromatic N) is 2. The van der Waals surface area contributed by atoms with Crippen LogP contribution < -0.4 is 5.43 Å². The van der Waals surface area contributed by atoms with Crippen molar-refractivity contribution in [2.45, 2.75) is 19.8 Å². The standard InChI is InChI=1S/C21H19N3S/c1-14(2)16-10-11-18-17(13-16)20(15-7-4-3-5-8-15)23-24-21(22-18)19-9-6-12-25-19/h3-14H,1-2H3,(H,22,24). The van der Waals surface area contributed by atoms with Crippen molar-refractivity contribution in [3.05, 3.63) is 87.6 Å². The summed E-state index contributed by atoms with van der Waals surface area (Å²) < 4.78 is 0. The first-order valence-electron chi connectivity index (χ1n) is 8.38. The number of benzene rings is 2. The van der Waals surface area contributed by atoms with Crippen LogP contribution in [0.1, 0.15) is 41.3 Å². The second-order valence-electron chi connectivity index (χ2n) is 6.31. The van der Waals surface area contributed by atoms with Gasteiger partial charge >= 0.3 is 0 Å². The monoisotopic (exact) mass is 345 g/mol. The van der Waals surface area contributed by atoms with E-state index in [2.05, 4.69) is 61.1 Å². The third-order valence-corrected chi connectivity index (χ3v) is 5.13. The van der Waals surface area contributed by atoms with Crippen molar-refractivity contribution < 1.29 is 0 Å². The zero-order valence-corrected chi connectivity index (χ0v) is 15.0. The quantitative estimate of drug-likeness (QED) is 0.686. The predicted molar refractivity (Wildman–Crippen MR) is 106 cm³/mol. The van der Waals surface area contributed by atoms with Crippen molar-refractivity contribution in [3.63, 3.8) is 0 Å². The van der Waals surface area contributed by atoms with Crippen LogP contribution in [0.5, 0.6) is 0 Å². The predicted octanol–water partition coefficient (Wildman–Crippen LogP) is 5.31. The third kappa shape index (κ3) is 3.13. The molecule has 3 aromatic rings. The van der Waals surface area contributed by atoms with Crippen LogP contribution >= 0.6 is 11.3 Å². The molecule has 2 heterocycles. The van der Waals surface area contributed by atoms with Gasteiger partial charge in [-0.15, -0.1) is 11.3 Å². The van der Waals surface area contributed by atoms with Gasteiger partial charge in [-0.3, -0.25) is 5.43 Å². The van der Waals surface area contributed by atoms with Gasteiger partial charge in [-0.2, -0.15) is 5.10 Å². The maximum Gasteiger partial charge on any atom is 0.164 e. The van der Waals surface area contributed by atoms with E-state index in [1.54, 1.807) is 11.3 Å². The van der Waals surface area contributed by atoms with Gasteiger partial charge in [0.1, 0.15) is 0 Å². The smallest absolute Gasteiger partial charge is 0.164 e. The van der Waals surface area contributed by atoms with Gasteiger partial charge in [0.05, 0.1) is 16.3 Å². The minimum Gasteiger partial charge on any atom is -0.260 e. The Morgan fingerprint density at radius 2 is 1.80 bits per heavy atom. The molecule has 3 nitrogen and oxygen atoms in total. The molecule has 1 N–H and O–H groups in total. The van der Waals surface area contributed by atoms with E-state index in [1.165, 1.54) is 5.56 Å². The molecule has 0 amide bonds. The van der Waals surface area contributed by atoms with Crippen molar-refractivity contribution in [3.8, 4) is 0 Å². The van der Waals surface area contributed by atoms with E-state index < -0.39 is 0 Å². The molecular weight excluding hydrogens is 326 g/mol. The Morgan fingerprint density at radius 3 is 2.52 bits per heavy atom. The Morgan fingerprint density at radius 1 is 0.960 bits per heavy atom. The van der Waals surface area contributed by atoms with E-state index in [0.29, 0.717) is 5.92 Å². The molecule has 0 bridgehead atoms. The number of fused-ring (bicyclic) bond motifs is 1. The van der Waals surface area contributed by atoms with Crippen LogP contribution in [0.25, 0.3) is 0 Å². The zero-order chi connectivity index (χ0) is 17.2. The minimum atomic E-state index is 0.458. The van der Waals surface area contributed by atoms with Crippen molar-refractivity contribution in [2.24, 2.45) is 10.1 Å². The first-order chi connectivity index (χ1) is 12.2. The molecule has 0 fully saturated rings. The number of aliphatic imine (C=N–C) groups is 1. The maximum atomic E-state index is 4.86. The molecule has 1 aromatic heterocycles. The molecule has 2 aromatic carbocycles. The summed E-state index contributed by atoms with van der Waals surface area (Å²) >= 11 is 1.66. The molecule has 1 aliphatic rings. The average Bonchev–Trinajstić information content (AvgIpc) is 3.10. The number of hydrogen-bond acceptors (Lipinski definition) is 4.